The van der Waals surface area contributed by atoms with Crippen molar-refractivity contribution in [1.29, 1.82) is 0 Å². The molecule has 0 aliphatic carbocycles. The molecule has 0 bridgehead atoms. The van der Waals surface area contributed by atoms with Gasteiger partial charge >= 0.3 is 0 Å². The fourth-order valence-electron chi connectivity index (χ4n) is 2.18. The Labute approximate surface area is 103 Å². The van der Waals surface area contributed by atoms with Gasteiger partial charge in [-0.25, -0.2) is 4.98 Å². The van der Waals surface area contributed by atoms with E-state index in [0.717, 1.165) is 30.7 Å². The third kappa shape index (κ3) is 2.26. The van der Waals surface area contributed by atoms with Crippen LogP contribution < -0.4 is 5.32 Å². The van der Waals surface area contributed by atoms with Crippen molar-refractivity contribution in [3.8, 4) is 0 Å². The van der Waals surface area contributed by atoms with Crippen LogP contribution in [0.5, 0.6) is 0 Å². The maximum atomic E-state index is 4.80. The Hall–Kier alpha value is -1.57. The Morgan fingerprint density at radius 1 is 1.06 bits per heavy atom. The number of nitrogens with one attached hydrogen (secondary N) is 1. The minimum Gasteiger partial charge on any atom is -0.370 e. The van der Waals surface area contributed by atoms with Crippen LogP contribution in [0.3, 0.4) is 0 Å². The minimum atomic E-state index is 0.916. The van der Waals surface area contributed by atoms with Gasteiger partial charge < -0.3 is 5.32 Å². The topological polar surface area (TPSA) is 24.9 Å². The van der Waals surface area contributed by atoms with Crippen molar-refractivity contribution >= 4 is 16.7 Å². The third-order valence-corrected chi connectivity index (χ3v) is 3.11. The summed E-state index contributed by atoms with van der Waals surface area (Å²) in [6.07, 6.45) is 2.04. The number of hydrogen-bond donors (Lipinski definition) is 1. The Kier molecular flexibility index (Phi) is 3.62. The largest absolute Gasteiger partial charge is 0.370 e. The molecule has 0 atom stereocenters. The smallest absolute Gasteiger partial charge is 0.129 e. The van der Waals surface area contributed by atoms with Crippen molar-refractivity contribution < 1.29 is 0 Å². The molecule has 1 N–H and O–H groups in total. The molecule has 0 aliphatic heterocycles. The van der Waals surface area contributed by atoms with Crippen molar-refractivity contribution in [3.05, 3.63) is 35.4 Å². The second kappa shape index (κ2) is 5.17. The van der Waals surface area contributed by atoms with Gasteiger partial charge in [-0.2, -0.15) is 0 Å². The number of hydrogen-bond acceptors (Lipinski definition) is 2. The van der Waals surface area contributed by atoms with E-state index in [1.165, 1.54) is 16.5 Å². The highest BCUT2D eigenvalue weighted by molar-refractivity contribution is 5.84. The van der Waals surface area contributed by atoms with E-state index in [-0.39, 0.29) is 0 Å². The first-order valence-corrected chi connectivity index (χ1v) is 6.45. The third-order valence-electron chi connectivity index (χ3n) is 3.11. The molecule has 0 aliphatic rings. The molecule has 0 spiro atoms. The van der Waals surface area contributed by atoms with Gasteiger partial charge in [0.25, 0.3) is 0 Å². The highest BCUT2D eigenvalue weighted by Gasteiger charge is 2.07. The van der Waals surface area contributed by atoms with Crippen molar-refractivity contribution in [2.45, 2.75) is 33.6 Å². The van der Waals surface area contributed by atoms with E-state index >= 15 is 0 Å². The highest BCUT2D eigenvalue weighted by Crippen LogP contribution is 2.23. The predicted octanol–water partition coefficient (Wildman–Crippen LogP) is 3.79. The number of pyridine rings is 1. The van der Waals surface area contributed by atoms with Gasteiger partial charge in [-0.05, 0) is 37.0 Å². The van der Waals surface area contributed by atoms with Gasteiger partial charge in [-0.3, -0.25) is 0 Å². The second-order valence-electron chi connectivity index (χ2n) is 4.22. The molecule has 2 aromatic rings. The molecular formula is C15H20N2. The van der Waals surface area contributed by atoms with Crippen LogP contribution >= 0.6 is 0 Å². The fourth-order valence-corrected chi connectivity index (χ4v) is 2.18. The van der Waals surface area contributed by atoms with Gasteiger partial charge in [0, 0.05) is 11.9 Å². The number of aromatic nitrogens is 1. The molecule has 0 saturated carbocycles. The van der Waals surface area contributed by atoms with Crippen molar-refractivity contribution in [3.63, 3.8) is 0 Å². The number of anilines is 1. The maximum Gasteiger partial charge on any atom is 0.129 e. The Morgan fingerprint density at radius 3 is 2.47 bits per heavy atom. The van der Waals surface area contributed by atoms with Crippen LogP contribution in [0.1, 0.15) is 31.9 Å². The number of fused-ring (bicyclic) bond motifs is 1. The van der Waals surface area contributed by atoms with Gasteiger partial charge in [-0.1, -0.05) is 32.0 Å². The zero-order valence-electron chi connectivity index (χ0n) is 10.9. The number of benzene rings is 1. The van der Waals surface area contributed by atoms with E-state index < -0.39 is 0 Å². The summed E-state index contributed by atoms with van der Waals surface area (Å²) in [6, 6.07) is 8.70. The molecule has 0 amide bonds. The Balaban J connectivity index is 2.65. The quantitative estimate of drug-likeness (QED) is 0.861. The van der Waals surface area contributed by atoms with Crippen LogP contribution in [-0.4, -0.2) is 11.5 Å². The van der Waals surface area contributed by atoms with E-state index in [0.29, 0.717) is 0 Å². The molecule has 2 rings (SSSR count). The van der Waals surface area contributed by atoms with E-state index in [9.17, 15) is 0 Å². The average Bonchev–Trinajstić information content (AvgIpc) is 2.37. The number of nitrogens with zero attached hydrogens (tertiary/aromatic N) is 1. The molecule has 0 unspecified atom stereocenters. The summed E-state index contributed by atoms with van der Waals surface area (Å²) in [5.74, 6) is 1.04. The molecule has 2 heteroatoms. The molecule has 17 heavy (non-hydrogen) atoms. The Bertz CT molecular complexity index is 518. The molecular weight excluding hydrogens is 208 g/mol. The van der Waals surface area contributed by atoms with Gasteiger partial charge in [0.15, 0.2) is 0 Å². The molecule has 0 saturated heterocycles. The standard InChI is InChI=1S/C15H20N2/c1-4-11-8-7-9-13-10-12(5-2)15(16-6-3)17-14(11)13/h7-10H,4-6H2,1-3H3,(H,16,17). The monoisotopic (exact) mass is 228 g/mol. The van der Waals surface area contributed by atoms with Gasteiger partial charge in [-0.15, -0.1) is 0 Å². The van der Waals surface area contributed by atoms with Gasteiger partial charge in [0.1, 0.15) is 5.82 Å². The maximum absolute atomic E-state index is 4.80. The van der Waals surface area contributed by atoms with Crippen LogP contribution in [0, 0.1) is 0 Å². The normalized spacial score (nSPS) is 10.8. The lowest BCUT2D eigenvalue weighted by Crippen LogP contribution is -2.04. The van der Waals surface area contributed by atoms with Crippen LogP contribution in [0.25, 0.3) is 10.9 Å². The first-order valence-electron chi connectivity index (χ1n) is 6.45. The van der Waals surface area contributed by atoms with Crippen LogP contribution in [0.4, 0.5) is 5.82 Å². The summed E-state index contributed by atoms with van der Waals surface area (Å²) in [4.78, 5) is 4.80. The molecule has 0 radical (unpaired) electrons. The van der Waals surface area contributed by atoms with E-state index in [1.807, 2.05) is 0 Å². The molecule has 1 aromatic carbocycles. The molecule has 1 aromatic heterocycles. The van der Waals surface area contributed by atoms with E-state index in [1.54, 1.807) is 0 Å². The minimum absolute atomic E-state index is 0.916. The predicted molar refractivity (Wildman–Crippen MR) is 74.7 cm³/mol. The number of para-hydroxylation sites is 1. The van der Waals surface area contributed by atoms with Crippen molar-refractivity contribution in [2.75, 3.05) is 11.9 Å². The van der Waals surface area contributed by atoms with Crippen molar-refractivity contribution in [1.82, 2.24) is 4.98 Å². The number of rotatable bonds is 4. The average molecular weight is 228 g/mol. The first-order chi connectivity index (χ1) is 8.30. The highest BCUT2D eigenvalue weighted by atomic mass is 15.0. The second-order valence-corrected chi connectivity index (χ2v) is 4.22. The molecule has 90 valence electrons. The van der Waals surface area contributed by atoms with E-state index in [4.69, 9.17) is 4.98 Å². The van der Waals surface area contributed by atoms with E-state index in [2.05, 4.69) is 50.4 Å². The molecule has 1 heterocycles. The summed E-state index contributed by atoms with van der Waals surface area (Å²) in [6.45, 7) is 7.38. The van der Waals surface area contributed by atoms with Crippen LogP contribution in [-0.2, 0) is 12.8 Å². The number of aryl methyl sites for hydroxylation is 2. The van der Waals surface area contributed by atoms with Crippen LogP contribution in [0.2, 0.25) is 0 Å². The Morgan fingerprint density at radius 2 is 1.82 bits per heavy atom. The first kappa shape index (κ1) is 11.9. The summed E-state index contributed by atoms with van der Waals surface area (Å²) in [7, 11) is 0. The van der Waals surface area contributed by atoms with Gasteiger partial charge in [0.05, 0.1) is 5.52 Å². The van der Waals surface area contributed by atoms with Crippen molar-refractivity contribution in [2.24, 2.45) is 0 Å². The lowest BCUT2D eigenvalue weighted by molar-refractivity contribution is 1.08. The molecule has 0 fully saturated rings. The summed E-state index contributed by atoms with van der Waals surface area (Å²) < 4.78 is 0. The fraction of sp³-hybridized carbons (Fsp3) is 0.400. The zero-order chi connectivity index (χ0) is 12.3. The summed E-state index contributed by atoms with van der Waals surface area (Å²) in [5.41, 5.74) is 3.76. The van der Waals surface area contributed by atoms with Gasteiger partial charge in [0.2, 0.25) is 0 Å². The SMILES string of the molecule is CCNc1nc2c(CC)cccc2cc1CC. The molecule has 2 nitrogen and oxygen atoms in total. The van der Waals surface area contributed by atoms with Crippen LogP contribution in [0.15, 0.2) is 24.3 Å². The summed E-state index contributed by atoms with van der Waals surface area (Å²) >= 11 is 0. The summed E-state index contributed by atoms with van der Waals surface area (Å²) in [5, 5.41) is 4.61. The zero-order valence-corrected chi connectivity index (χ0v) is 10.9. The lowest BCUT2D eigenvalue weighted by Gasteiger charge is -2.11. The lowest BCUT2D eigenvalue weighted by atomic mass is 10.0.